The molecule has 0 aliphatic carbocycles. The Hall–Kier alpha value is -1.61. The van der Waals surface area contributed by atoms with Crippen LogP contribution in [0.4, 0.5) is 10.5 Å². The number of halogens is 1. The number of amides is 2. The van der Waals surface area contributed by atoms with E-state index in [4.69, 9.17) is 5.11 Å². The molecule has 0 spiro atoms. The number of carboxylic acids is 1. The van der Waals surface area contributed by atoms with E-state index in [-0.39, 0.29) is 23.5 Å². The molecule has 0 atom stereocenters. The number of carboxylic acid groups (broad SMARTS) is 1. The van der Waals surface area contributed by atoms with E-state index in [1.165, 1.54) is 12.1 Å². The minimum atomic E-state index is -3.17. The van der Waals surface area contributed by atoms with Crippen molar-refractivity contribution in [1.29, 1.82) is 0 Å². The molecule has 0 aliphatic rings. The molecular formula is C11H13BrN2O5S. The number of urea groups is 1. The summed E-state index contributed by atoms with van der Waals surface area (Å²) in [5, 5.41) is 13.7. The van der Waals surface area contributed by atoms with Crippen molar-refractivity contribution in [1.82, 2.24) is 5.32 Å². The molecule has 0 unspecified atom stereocenters. The Balaban J connectivity index is 2.74. The molecule has 2 amide bonds. The Labute approximate surface area is 124 Å². The van der Waals surface area contributed by atoms with Gasteiger partial charge >= 0.3 is 12.0 Å². The summed E-state index contributed by atoms with van der Waals surface area (Å²) >= 11 is 3.14. The smallest absolute Gasteiger partial charge is 0.337 e. The second-order valence-corrected chi connectivity index (χ2v) is 7.09. The summed E-state index contributed by atoms with van der Waals surface area (Å²) < 4.78 is 22.2. The molecular weight excluding hydrogens is 352 g/mol. The van der Waals surface area contributed by atoms with Gasteiger partial charge < -0.3 is 15.7 Å². The zero-order chi connectivity index (χ0) is 15.3. The van der Waals surface area contributed by atoms with Crippen molar-refractivity contribution in [3.8, 4) is 0 Å². The van der Waals surface area contributed by atoms with Crippen molar-refractivity contribution in [3.05, 3.63) is 28.2 Å². The summed E-state index contributed by atoms with van der Waals surface area (Å²) in [6.07, 6.45) is 1.06. The van der Waals surface area contributed by atoms with Crippen LogP contribution in [0.5, 0.6) is 0 Å². The molecule has 1 aromatic rings. The fourth-order valence-electron chi connectivity index (χ4n) is 1.34. The first-order chi connectivity index (χ1) is 9.20. The molecule has 0 fully saturated rings. The molecule has 0 radical (unpaired) electrons. The number of benzene rings is 1. The summed E-state index contributed by atoms with van der Waals surface area (Å²) in [4.78, 5) is 22.6. The van der Waals surface area contributed by atoms with Gasteiger partial charge in [0, 0.05) is 17.3 Å². The number of anilines is 1. The van der Waals surface area contributed by atoms with Crippen LogP contribution in [0.1, 0.15) is 10.4 Å². The van der Waals surface area contributed by atoms with Gasteiger partial charge in [-0.1, -0.05) is 6.07 Å². The van der Waals surface area contributed by atoms with Crippen molar-refractivity contribution < 1.29 is 23.1 Å². The molecule has 3 N–H and O–H groups in total. The van der Waals surface area contributed by atoms with Crippen LogP contribution in [0.15, 0.2) is 22.7 Å². The highest BCUT2D eigenvalue weighted by Gasteiger charge is 2.15. The highest BCUT2D eigenvalue weighted by atomic mass is 79.9. The zero-order valence-corrected chi connectivity index (χ0v) is 12.9. The first kappa shape index (κ1) is 16.4. The Morgan fingerprint density at radius 1 is 1.35 bits per heavy atom. The van der Waals surface area contributed by atoms with Crippen LogP contribution in [0, 0.1) is 0 Å². The molecule has 0 aliphatic heterocycles. The molecule has 0 saturated heterocycles. The molecule has 20 heavy (non-hydrogen) atoms. The monoisotopic (exact) mass is 364 g/mol. The van der Waals surface area contributed by atoms with E-state index in [0.29, 0.717) is 4.47 Å². The SMILES string of the molecule is CS(=O)(=O)CCNC(=O)Nc1c(Br)cccc1C(=O)O. The van der Waals surface area contributed by atoms with Gasteiger partial charge in [-0.2, -0.15) is 0 Å². The first-order valence-electron chi connectivity index (χ1n) is 5.45. The van der Waals surface area contributed by atoms with Gasteiger partial charge in [-0.3, -0.25) is 0 Å². The fraction of sp³-hybridized carbons (Fsp3) is 0.273. The average Bonchev–Trinajstić information content (AvgIpc) is 2.29. The normalized spacial score (nSPS) is 10.9. The number of hydrogen-bond acceptors (Lipinski definition) is 4. The van der Waals surface area contributed by atoms with E-state index < -0.39 is 21.8 Å². The number of rotatable bonds is 5. The third kappa shape index (κ3) is 5.17. The molecule has 110 valence electrons. The standard InChI is InChI=1S/C11H13BrN2O5S/c1-20(18,19)6-5-13-11(17)14-9-7(10(15)16)3-2-4-8(9)12/h2-4H,5-6H2,1H3,(H,15,16)(H2,13,14,17). The van der Waals surface area contributed by atoms with E-state index in [0.717, 1.165) is 6.26 Å². The van der Waals surface area contributed by atoms with Crippen LogP contribution >= 0.6 is 15.9 Å². The van der Waals surface area contributed by atoms with Crippen LogP contribution < -0.4 is 10.6 Å². The Morgan fingerprint density at radius 3 is 2.55 bits per heavy atom. The molecule has 7 nitrogen and oxygen atoms in total. The minimum Gasteiger partial charge on any atom is -0.478 e. The highest BCUT2D eigenvalue weighted by molar-refractivity contribution is 9.10. The highest BCUT2D eigenvalue weighted by Crippen LogP contribution is 2.26. The molecule has 9 heteroatoms. The minimum absolute atomic E-state index is 0.0580. The van der Waals surface area contributed by atoms with Crippen molar-refractivity contribution in [2.45, 2.75) is 0 Å². The summed E-state index contributed by atoms with van der Waals surface area (Å²) in [5.74, 6) is -1.37. The first-order valence-corrected chi connectivity index (χ1v) is 8.30. The van der Waals surface area contributed by atoms with E-state index in [9.17, 15) is 18.0 Å². The Kier molecular flexibility index (Phi) is 5.52. The molecule has 0 heterocycles. The van der Waals surface area contributed by atoms with E-state index in [1.54, 1.807) is 6.07 Å². The lowest BCUT2D eigenvalue weighted by molar-refractivity contribution is 0.0698. The van der Waals surface area contributed by atoms with Crippen LogP contribution in [0.2, 0.25) is 0 Å². The van der Waals surface area contributed by atoms with Crippen LogP contribution in [-0.2, 0) is 9.84 Å². The number of hydrogen-bond donors (Lipinski definition) is 3. The molecule has 1 aromatic carbocycles. The second kappa shape index (κ2) is 6.71. The molecule has 1 rings (SSSR count). The third-order valence-corrected chi connectivity index (χ3v) is 3.85. The molecule has 0 bridgehead atoms. The van der Waals surface area contributed by atoms with Gasteiger partial charge in [0.15, 0.2) is 0 Å². The lowest BCUT2D eigenvalue weighted by atomic mass is 10.2. The second-order valence-electron chi connectivity index (χ2n) is 3.98. The van der Waals surface area contributed by atoms with E-state index in [1.807, 2.05) is 0 Å². The topological polar surface area (TPSA) is 113 Å². The molecule has 0 aromatic heterocycles. The number of sulfone groups is 1. The largest absolute Gasteiger partial charge is 0.478 e. The van der Waals surface area contributed by atoms with Crippen LogP contribution in [-0.4, -0.2) is 44.1 Å². The summed E-state index contributed by atoms with van der Waals surface area (Å²) in [6.45, 7) is -0.0580. The lowest BCUT2D eigenvalue weighted by Crippen LogP contribution is -2.33. The summed E-state index contributed by atoms with van der Waals surface area (Å²) in [5.41, 5.74) is 0.0366. The van der Waals surface area contributed by atoms with E-state index >= 15 is 0 Å². The molecule has 0 saturated carbocycles. The zero-order valence-electron chi connectivity index (χ0n) is 10.5. The van der Waals surface area contributed by atoms with Crippen molar-refractivity contribution in [3.63, 3.8) is 0 Å². The van der Waals surface area contributed by atoms with Crippen molar-refractivity contribution in [2.24, 2.45) is 0 Å². The number of aromatic carboxylic acids is 1. The maximum Gasteiger partial charge on any atom is 0.337 e. The van der Waals surface area contributed by atoms with Gasteiger partial charge in [0.1, 0.15) is 9.84 Å². The quantitative estimate of drug-likeness (QED) is 0.728. The van der Waals surface area contributed by atoms with Gasteiger partial charge in [-0.15, -0.1) is 0 Å². The maximum absolute atomic E-state index is 11.6. The van der Waals surface area contributed by atoms with Crippen molar-refractivity contribution in [2.75, 3.05) is 23.9 Å². The number of para-hydroxylation sites is 1. The average molecular weight is 365 g/mol. The summed E-state index contributed by atoms with van der Waals surface area (Å²) in [6, 6.07) is 3.78. The third-order valence-electron chi connectivity index (χ3n) is 2.24. The van der Waals surface area contributed by atoms with Gasteiger partial charge in [0.25, 0.3) is 0 Å². The summed E-state index contributed by atoms with van der Waals surface area (Å²) in [7, 11) is -3.17. The fourth-order valence-corrected chi connectivity index (χ4v) is 2.28. The van der Waals surface area contributed by atoms with Crippen LogP contribution in [0.3, 0.4) is 0 Å². The van der Waals surface area contributed by atoms with Crippen LogP contribution in [0.25, 0.3) is 0 Å². The Morgan fingerprint density at radius 2 is 2.00 bits per heavy atom. The van der Waals surface area contributed by atoms with Gasteiger partial charge in [-0.25, -0.2) is 18.0 Å². The van der Waals surface area contributed by atoms with Gasteiger partial charge in [-0.05, 0) is 28.1 Å². The predicted octanol–water partition coefficient (Wildman–Crippen LogP) is 1.31. The lowest BCUT2D eigenvalue weighted by Gasteiger charge is -2.11. The van der Waals surface area contributed by atoms with Crippen molar-refractivity contribution >= 4 is 43.5 Å². The Bertz CT molecular complexity index is 630. The predicted molar refractivity (Wildman–Crippen MR) is 77.8 cm³/mol. The number of carbonyl (C=O) groups excluding carboxylic acids is 1. The van der Waals surface area contributed by atoms with Gasteiger partial charge in [0.05, 0.1) is 17.0 Å². The number of carbonyl (C=O) groups is 2. The maximum atomic E-state index is 11.6. The number of nitrogens with one attached hydrogen (secondary N) is 2. The van der Waals surface area contributed by atoms with E-state index in [2.05, 4.69) is 26.6 Å². The van der Waals surface area contributed by atoms with Gasteiger partial charge in [0.2, 0.25) is 0 Å².